The van der Waals surface area contributed by atoms with E-state index in [0.717, 1.165) is 10.0 Å². The van der Waals surface area contributed by atoms with Gasteiger partial charge in [0.25, 0.3) is 0 Å². The zero-order valence-electron chi connectivity index (χ0n) is 10.6. The SMILES string of the molecule is COCCOCCOC(CN)c1ccccc1Br. The van der Waals surface area contributed by atoms with E-state index >= 15 is 0 Å². The average Bonchev–Trinajstić information content (AvgIpc) is 2.39. The van der Waals surface area contributed by atoms with Crippen LogP contribution in [0.3, 0.4) is 0 Å². The Morgan fingerprint density at radius 2 is 1.89 bits per heavy atom. The van der Waals surface area contributed by atoms with E-state index in [0.29, 0.717) is 33.0 Å². The summed E-state index contributed by atoms with van der Waals surface area (Å²) in [5.41, 5.74) is 6.80. The lowest BCUT2D eigenvalue weighted by Gasteiger charge is -2.17. The molecular weight excluding hydrogens is 298 g/mol. The molecule has 0 amide bonds. The molecule has 0 aliphatic rings. The maximum Gasteiger partial charge on any atom is 0.0959 e. The Bertz CT molecular complexity index is 336. The van der Waals surface area contributed by atoms with E-state index in [-0.39, 0.29) is 6.10 Å². The van der Waals surface area contributed by atoms with Crippen molar-refractivity contribution < 1.29 is 14.2 Å². The van der Waals surface area contributed by atoms with Gasteiger partial charge in [-0.1, -0.05) is 34.1 Å². The zero-order chi connectivity index (χ0) is 13.2. The van der Waals surface area contributed by atoms with Crippen LogP contribution in [0.15, 0.2) is 28.7 Å². The molecule has 1 aromatic carbocycles. The van der Waals surface area contributed by atoms with Crippen LogP contribution >= 0.6 is 15.9 Å². The molecular formula is C13H20BrNO3. The normalized spacial score (nSPS) is 12.6. The first kappa shape index (κ1) is 15.6. The zero-order valence-corrected chi connectivity index (χ0v) is 12.2. The molecule has 0 saturated carbocycles. The second-order valence-electron chi connectivity index (χ2n) is 3.72. The monoisotopic (exact) mass is 317 g/mol. The highest BCUT2D eigenvalue weighted by molar-refractivity contribution is 9.10. The summed E-state index contributed by atoms with van der Waals surface area (Å²) in [6.07, 6.45) is -0.105. The Hall–Kier alpha value is -0.460. The van der Waals surface area contributed by atoms with Gasteiger partial charge in [0.05, 0.1) is 32.5 Å². The van der Waals surface area contributed by atoms with E-state index in [1.54, 1.807) is 7.11 Å². The molecule has 0 aliphatic heterocycles. The van der Waals surface area contributed by atoms with Crippen LogP contribution in [0.5, 0.6) is 0 Å². The van der Waals surface area contributed by atoms with Gasteiger partial charge in [-0.2, -0.15) is 0 Å². The van der Waals surface area contributed by atoms with Crippen LogP contribution in [0.4, 0.5) is 0 Å². The van der Waals surface area contributed by atoms with Gasteiger partial charge in [-0.15, -0.1) is 0 Å². The van der Waals surface area contributed by atoms with Gasteiger partial charge >= 0.3 is 0 Å². The van der Waals surface area contributed by atoms with Crippen molar-refractivity contribution in [1.29, 1.82) is 0 Å². The van der Waals surface area contributed by atoms with Gasteiger partial charge in [-0.05, 0) is 11.6 Å². The number of halogens is 1. The first-order valence-corrected chi connectivity index (χ1v) is 6.71. The summed E-state index contributed by atoms with van der Waals surface area (Å²) in [4.78, 5) is 0. The van der Waals surface area contributed by atoms with Gasteiger partial charge in [-0.3, -0.25) is 0 Å². The maximum absolute atomic E-state index is 5.73. The molecule has 0 heterocycles. The molecule has 0 aromatic heterocycles. The van der Waals surface area contributed by atoms with E-state index in [2.05, 4.69) is 15.9 Å². The number of benzene rings is 1. The Balaban J connectivity index is 2.32. The van der Waals surface area contributed by atoms with E-state index in [1.165, 1.54) is 0 Å². The fourth-order valence-electron chi connectivity index (χ4n) is 1.51. The van der Waals surface area contributed by atoms with Gasteiger partial charge < -0.3 is 19.9 Å². The third-order valence-corrected chi connectivity index (χ3v) is 3.17. The van der Waals surface area contributed by atoms with E-state index in [4.69, 9.17) is 19.9 Å². The molecule has 0 fully saturated rings. The summed E-state index contributed by atoms with van der Waals surface area (Å²) in [6.45, 7) is 2.70. The fraction of sp³-hybridized carbons (Fsp3) is 0.538. The van der Waals surface area contributed by atoms with Crippen LogP contribution in [0.1, 0.15) is 11.7 Å². The van der Waals surface area contributed by atoms with Crippen molar-refractivity contribution in [2.75, 3.05) is 40.1 Å². The summed E-state index contributed by atoms with van der Waals surface area (Å²) in [6, 6.07) is 7.93. The molecule has 0 saturated heterocycles. The number of hydrogen-bond acceptors (Lipinski definition) is 4. The average molecular weight is 318 g/mol. The number of nitrogens with two attached hydrogens (primary N) is 1. The molecule has 0 radical (unpaired) electrons. The Morgan fingerprint density at radius 3 is 2.56 bits per heavy atom. The first-order valence-electron chi connectivity index (χ1n) is 5.92. The number of rotatable bonds is 9. The second kappa shape index (κ2) is 9.47. The smallest absolute Gasteiger partial charge is 0.0959 e. The van der Waals surface area contributed by atoms with Crippen LogP contribution in [0.2, 0.25) is 0 Å². The van der Waals surface area contributed by atoms with Gasteiger partial charge in [-0.25, -0.2) is 0 Å². The van der Waals surface area contributed by atoms with Crippen molar-refractivity contribution in [2.45, 2.75) is 6.10 Å². The molecule has 0 spiro atoms. The number of methoxy groups -OCH3 is 1. The number of ether oxygens (including phenoxy) is 3. The summed E-state index contributed by atoms with van der Waals surface area (Å²) in [5.74, 6) is 0. The van der Waals surface area contributed by atoms with Gasteiger partial charge in [0.15, 0.2) is 0 Å². The quantitative estimate of drug-likeness (QED) is 0.709. The molecule has 5 heteroatoms. The second-order valence-corrected chi connectivity index (χ2v) is 4.58. The predicted molar refractivity (Wildman–Crippen MR) is 74.6 cm³/mol. The predicted octanol–water partition coefficient (Wildman–Crippen LogP) is 2.13. The minimum Gasteiger partial charge on any atom is -0.382 e. The highest BCUT2D eigenvalue weighted by Crippen LogP contribution is 2.24. The molecule has 102 valence electrons. The van der Waals surface area contributed by atoms with E-state index in [9.17, 15) is 0 Å². The third-order valence-electron chi connectivity index (χ3n) is 2.44. The molecule has 0 aliphatic carbocycles. The van der Waals surface area contributed by atoms with Crippen molar-refractivity contribution in [1.82, 2.24) is 0 Å². The van der Waals surface area contributed by atoms with Crippen LogP contribution < -0.4 is 5.73 Å². The highest BCUT2D eigenvalue weighted by Gasteiger charge is 2.12. The highest BCUT2D eigenvalue weighted by atomic mass is 79.9. The minimum atomic E-state index is -0.105. The van der Waals surface area contributed by atoms with Crippen molar-refractivity contribution in [3.63, 3.8) is 0 Å². The van der Waals surface area contributed by atoms with Crippen LogP contribution in [0.25, 0.3) is 0 Å². The molecule has 18 heavy (non-hydrogen) atoms. The summed E-state index contributed by atoms with van der Waals surface area (Å²) in [5, 5.41) is 0. The van der Waals surface area contributed by atoms with Crippen molar-refractivity contribution >= 4 is 15.9 Å². The summed E-state index contributed by atoms with van der Waals surface area (Å²) >= 11 is 3.50. The molecule has 1 aromatic rings. The first-order chi connectivity index (χ1) is 8.79. The summed E-state index contributed by atoms with van der Waals surface area (Å²) in [7, 11) is 1.65. The lowest BCUT2D eigenvalue weighted by molar-refractivity contribution is -0.00443. The van der Waals surface area contributed by atoms with E-state index < -0.39 is 0 Å². The molecule has 1 rings (SSSR count). The lowest BCUT2D eigenvalue weighted by Crippen LogP contribution is -2.19. The van der Waals surface area contributed by atoms with Gasteiger partial charge in [0.1, 0.15) is 0 Å². The van der Waals surface area contributed by atoms with Crippen molar-refractivity contribution in [3.8, 4) is 0 Å². The Labute approximate surface area is 117 Å². The fourth-order valence-corrected chi connectivity index (χ4v) is 2.05. The molecule has 2 N–H and O–H groups in total. The van der Waals surface area contributed by atoms with Crippen LogP contribution in [0, 0.1) is 0 Å². The molecule has 0 bridgehead atoms. The van der Waals surface area contributed by atoms with Crippen molar-refractivity contribution in [3.05, 3.63) is 34.3 Å². The third kappa shape index (κ3) is 5.46. The van der Waals surface area contributed by atoms with Gasteiger partial charge in [0.2, 0.25) is 0 Å². The van der Waals surface area contributed by atoms with Crippen LogP contribution in [-0.4, -0.2) is 40.1 Å². The minimum absolute atomic E-state index is 0.105. The maximum atomic E-state index is 5.73. The summed E-state index contributed by atoms with van der Waals surface area (Å²) < 4.78 is 16.9. The Kier molecular flexibility index (Phi) is 8.20. The van der Waals surface area contributed by atoms with Crippen LogP contribution in [-0.2, 0) is 14.2 Å². The Morgan fingerprint density at radius 1 is 1.17 bits per heavy atom. The van der Waals surface area contributed by atoms with Gasteiger partial charge in [0, 0.05) is 18.1 Å². The lowest BCUT2D eigenvalue weighted by atomic mass is 10.1. The standard InChI is InChI=1S/C13H20BrNO3/c1-16-6-7-17-8-9-18-13(10-15)11-4-2-3-5-12(11)14/h2-5,13H,6-10,15H2,1H3. The van der Waals surface area contributed by atoms with Crippen molar-refractivity contribution in [2.24, 2.45) is 5.73 Å². The largest absolute Gasteiger partial charge is 0.382 e. The topological polar surface area (TPSA) is 53.7 Å². The molecule has 1 atom stereocenters. The van der Waals surface area contributed by atoms with E-state index in [1.807, 2.05) is 24.3 Å². The molecule has 1 unspecified atom stereocenters. The number of hydrogen-bond donors (Lipinski definition) is 1. The molecule has 4 nitrogen and oxygen atoms in total.